The Labute approximate surface area is 118 Å². The van der Waals surface area contributed by atoms with Gasteiger partial charge >= 0.3 is 12.0 Å². The van der Waals surface area contributed by atoms with Crippen LogP contribution in [0, 0.1) is 5.92 Å². The molecule has 0 saturated heterocycles. The predicted octanol–water partition coefficient (Wildman–Crippen LogP) is 2.07. The Morgan fingerprint density at radius 3 is 2.68 bits per heavy atom. The number of carboxylic acid groups (broad SMARTS) is 1. The fourth-order valence-electron chi connectivity index (χ4n) is 2.37. The van der Waals surface area contributed by atoms with Crippen molar-refractivity contribution in [1.82, 2.24) is 10.6 Å². The van der Waals surface area contributed by atoms with Crippen molar-refractivity contribution in [2.24, 2.45) is 5.92 Å². The van der Waals surface area contributed by atoms with E-state index in [4.69, 9.17) is 5.11 Å². The van der Waals surface area contributed by atoms with Crippen LogP contribution in [-0.2, 0) is 4.79 Å². The summed E-state index contributed by atoms with van der Waals surface area (Å²) in [7, 11) is 0. The highest BCUT2D eigenvalue weighted by atomic mass is 32.2. The molecule has 1 rings (SSSR count). The smallest absolute Gasteiger partial charge is 0.315 e. The summed E-state index contributed by atoms with van der Waals surface area (Å²) in [4.78, 5) is 23.0. The average molecular weight is 288 g/mol. The highest BCUT2D eigenvalue weighted by Crippen LogP contribution is 2.24. The molecule has 110 valence electrons. The number of aliphatic carboxylic acids is 1. The molecule has 3 unspecified atom stereocenters. The third kappa shape index (κ3) is 5.72. The second-order valence-corrected chi connectivity index (χ2v) is 6.33. The maximum absolute atomic E-state index is 11.8. The molecule has 1 fully saturated rings. The standard InChI is InChI=1S/C13H24N2O3S/c1-3-19-8-9(2)14-13(18)15-11-7-5-4-6-10(11)12(16)17/h9-11H,3-8H2,1-2H3,(H,16,17)(H2,14,15,18). The molecule has 1 aliphatic carbocycles. The summed E-state index contributed by atoms with van der Waals surface area (Å²) < 4.78 is 0. The number of hydrogen-bond acceptors (Lipinski definition) is 3. The number of nitrogens with one attached hydrogen (secondary N) is 2. The molecule has 1 saturated carbocycles. The summed E-state index contributed by atoms with van der Waals surface area (Å²) in [5.74, 6) is 0.647. The molecular weight excluding hydrogens is 264 g/mol. The van der Waals surface area contributed by atoms with Crippen molar-refractivity contribution < 1.29 is 14.7 Å². The van der Waals surface area contributed by atoms with Crippen LogP contribution in [0.1, 0.15) is 39.5 Å². The fraction of sp³-hybridized carbons (Fsp3) is 0.846. The Hall–Kier alpha value is -0.910. The van der Waals surface area contributed by atoms with Crippen LogP contribution < -0.4 is 10.6 Å². The molecule has 2 amide bonds. The highest BCUT2D eigenvalue weighted by Gasteiger charge is 2.31. The number of carbonyl (C=O) groups is 2. The lowest BCUT2D eigenvalue weighted by atomic mass is 9.84. The topological polar surface area (TPSA) is 78.4 Å². The highest BCUT2D eigenvalue weighted by molar-refractivity contribution is 7.99. The molecule has 0 heterocycles. The molecule has 0 aromatic rings. The van der Waals surface area contributed by atoms with Gasteiger partial charge in [-0.2, -0.15) is 11.8 Å². The van der Waals surface area contributed by atoms with Gasteiger partial charge in [0.1, 0.15) is 0 Å². The monoisotopic (exact) mass is 288 g/mol. The molecule has 5 nitrogen and oxygen atoms in total. The van der Waals surface area contributed by atoms with Crippen molar-refractivity contribution >= 4 is 23.8 Å². The SMILES string of the molecule is CCSCC(C)NC(=O)NC1CCCCC1C(=O)O. The molecule has 0 aromatic heterocycles. The van der Waals surface area contributed by atoms with Crippen LogP contribution in [-0.4, -0.2) is 40.7 Å². The van der Waals surface area contributed by atoms with Crippen molar-refractivity contribution in [2.75, 3.05) is 11.5 Å². The molecule has 0 radical (unpaired) electrons. The number of thioether (sulfide) groups is 1. The molecule has 3 atom stereocenters. The van der Waals surface area contributed by atoms with Crippen LogP contribution in [0.5, 0.6) is 0 Å². The van der Waals surface area contributed by atoms with E-state index in [2.05, 4.69) is 17.6 Å². The Morgan fingerprint density at radius 2 is 2.05 bits per heavy atom. The van der Waals surface area contributed by atoms with Crippen molar-refractivity contribution in [1.29, 1.82) is 0 Å². The summed E-state index contributed by atoms with van der Waals surface area (Å²) in [5.41, 5.74) is 0. The van der Waals surface area contributed by atoms with Gasteiger partial charge < -0.3 is 15.7 Å². The molecule has 0 aliphatic heterocycles. The van der Waals surface area contributed by atoms with Crippen molar-refractivity contribution in [3.63, 3.8) is 0 Å². The largest absolute Gasteiger partial charge is 0.481 e. The molecule has 0 aromatic carbocycles. The van der Waals surface area contributed by atoms with Crippen molar-refractivity contribution in [3.05, 3.63) is 0 Å². The normalized spacial score (nSPS) is 24.5. The second-order valence-electron chi connectivity index (χ2n) is 5.01. The minimum atomic E-state index is -0.806. The molecular formula is C13H24N2O3S. The van der Waals surface area contributed by atoms with Crippen molar-refractivity contribution in [3.8, 4) is 0 Å². The minimum Gasteiger partial charge on any atom is -0.481 e. The van der Waals surface area contributed by atoms with Gasteiger partial charge in [0.15, 0.2) is 0 Å². The zero-order valence-corrected chi connectivity index (χ0v) is 12.5. The van der Waals surface area contributed by atoms with E-state index in [-0.39, 0.29) is 18.1 Å². The first kappa shape index (κ1) is 16.1. The van der Waals surface area contributed by atoms with Gasteiger partial charge in [-0.25, -0.2) is 4.79 Å². The Balaban J connectivity index is 2.39. The van der Waals surface area contributed by atoms with E-state index < -0.39 is 11.9 Å². The van der Waals surface area contributed by atoms with Gasteiger partial charge in [-0.05, 0) is 25.5 Å². The van der Waals surface area contributed by atoms with Crippen LogP contribution in [0.2, 0.25) is 0 Å². The Bertz CT molecular complexity index is 312. The van der Waals surface area contributed by atoms with E-state index >= 15 is 0 Å². The van der Waals surface area contributed by atoms with Crippen molar-refractivity contribution in [2.45, 2.75) is 51.6 Å². The zero-order valence-electron chi connectivity index (χ0n) is 11.6. The van der Waals surface area contributed by atoms with Crippen LogP contribution in [0.3, 0.4) is 0 Å². The minimum absolute atomic E-state index is 0.0943. The van der Waals surface area contributed by atoms with E-state index in [1.165, 1.54) is 0 Å². The van der Waals surface area contributed by atoms with Gasteiger partial charge in [-0.15, -0.1) is 0 Å². The average Bonchev–Trinajstić information content (AvgIpc) is 2.36. The van der Waals surface area contributed by atoms with E-state index in [0.717, 1.165) is 30.8 Å². The third-order valence-electron chi connectivity index (χ3n) is 3.35. The molecule has 0 spiro atoms. The summed E-state index contributed by atoms with van der Waals surface area (Å²) in [6.07, 6.45) is 3.32. The van der Waals surface area contributed by atoms with Crippen LogP contribution in [0.15, 0.2) is 0 Å². The first-order valence-corrected chi connectivity index (χ1v) is 8.07. The maximum Gasteiger partial charge on any atom is 0.315 e. The number of hydrogen-bond donors (Lipinski definition) is 3. The summed E-state index contributed by atoms with van der Waals surface area (Å²) in [6, 6.07) is -0.392. The molecule has 3 N–H and O–H groups in total. The summed E-state index contributed by atoms with van der Waals surface area (Å²) in [6.45, 7) is 4.04. The zero-order chi connectivity index (χ0) is 14.3. The van der Waals surface area contributed by atoms with Gasteiger partial charge in [-0.3, -0.25) is 4.79 Å². The second kappa shape index (κ2) is 8.30. The number of amides is 2. The van der Waals surface area contributed by atoms with Crippen LogP contribution in [0.4, 0.5) is 4.79 Å². The number of rotatable bonds is 6. The lowest BCUT2D eigenvalue weighted by Gasteiger charge is -2.29. The lowest BCUT2D eigenvalue weighted by molar-refractivity contribution is -0.143. The van der Waals surface area contributed by atoms with Gasteiger partial charge in [0.2, 0.25) is 0 Å². The van der Waals surface area contributed by atoms with Gasteiger partial charge in [0, 0.05) is 17.8 Å². The first-order valence-electron chi connectivity index (χ1n) is 6.92. The Kier molecular flexibility index (Phi) is 7.05. The van der Waals surface area contributed by atoms with E-state index in [9.17, 15) is 9.59 Å². The fourth-order valence-corrected chi connectivity index (χ4v) is 3.04. The number of carboxylic acids is 1. The predicted molar refractivity (Wildman–Crippen MR) is 77.5 cm³/mol. The molecule has 19 heavy (non-hydrogen) atoms. The summed E-state index contributed by atoms with van der Waals surface area (Å²) in [5, 5.41) is 14.8. The quantitative estimate of drug-likeness (QED) is 0.699. The van der Waals surface area contributed by atoms with Crippen LogP contribution >= 0.6 is 11.8 Å². The Morgan fingerprint density at radius 1 is 1.37 bits per heavy atom. The van der Waals surface area contributed by atoms with E-state index in [0.29, 0.717) is 6.42 Å². The molecule has 0 bridgehead atoms. The van der Waals surface area contributed by atoms with E-state index in [1.54, 1.807) is 11.8 Å². The van der Waals surface area contributed by atoms with Gasteiger partial charge in [-0.1, -0.05) is 19.8 Å². The first-order chi connectivity index (χ1) is 9.04. The number of carbonyl (C=O) groups excluding carboxylic acids is 1. The molecule has 6 heteroatoms. The van der Waals surface area contributed by atoms with Crippen LogP contribution in [0.25, 0.3) is 0 Å². The molecule has 1 aliphatic rings. The lowest BCUT2D eigenvalue weighted by Crippen LogP contribution is -2.50. The van der Waals surface area contributed by atoms with Gasteiger partial charge in [0.05, 0.1) is 5.92 Å². The summed E-state index contributed by atoms with van der Waals surface area (Å²) >= 11 is 1.77. The van der Waals surface area contributed by atoms with E-state index in [1.807, 2.05) is 6.92 Å². The maximum atomic E-state index is 11.8. The third-order valence-corrected chi connectivity index (χ3v) is 4.49. The number of urea groups is 1. The van der Waals surface area contributed by atoms with Gasteiger partial charge in [0.25, 0.3) is 0 Å².